The van der Waals surface area contributed by atoms with Crippen molar-refractivity contribution < 1.29 is 18.3 Å². The molecular weight excluding hydrogens is 230 g/mol. The molecule has 1 aliphatic rings. The van der Waals surface area contributed by atoms with Crippen LogP contribution in [0, 0.1) is 5.92 Å². The van der Waals surface area contributed by atoms with Crippen molar-refractivity contribution in [3.8, 4) is 0 Å². The van der Waals surface area contributed by atoms with Crippen molar-refractivity contribution in [2.75, 3.05) is 25.1 Å². The highest BCUT2D eigenvalue weighted by Crippen LogP contribution is 2.22. The molecule has 1 rings (SSSR count). The molecule has 1 aliphatic heterocycles. The summed E-state index contributed by atoms with van der Waals surface area (Å²) in [5.41, 5.74) is 0. The maximum atomic E-state index is 11.0. The molecule has 1 heterocycles. The van der Waals surface area contributed by atoms with E-state index < -0.39 is 21.8 Å². The molecule has 0 aromatic heterocycles. The molecule has 2 unspecified atom stereocenters. The summed E-state index contributed by atoms with van der Waals surface area (Å²) < 4.78 is 22.1. The van der Waals surface area contributed by atoms with Crippen LogP contribution in [0.1, 0.15) is 19.8 Å². The highest BCUT2D eigenvalue weighted by Gasteiger charge is 2.31. The van der Waals surface area contributed by atoms with Gasteiger partial charge in [-0.05, 0) is 25.3 Å². The van der Waals surface area contributed by atoms with Crippen LogP contribution in [0.25, 0.3) is 0 Å². The summed E-state index contributed by atoms with van der Waals surface area (Å²) in [4.78, 5) is 12.8. The molecule has 5 nitrogen and oxygen atoms in total. The molecule has 0 aliphatic carbocycles. The van der Waals surface area contributed by atoms with E-state index in [-0.39, 0.29) is 5.75 Å². The highest BCUT2D eigenvalue weighted by molar-refractivity contribution is 7.90. The summed E-state index contributed by atoms with van der Waals surface area (Å²) in [6.07, 6.45) is 2.72. The molecule has 94 valence electrons. The lowest BCUT2D eigenvalue weighted by atomic mass is 9.92. The number of carboxylic acid groups (broad SMARTS) is 1. The molecular formula is C10H19NO4S. The predicted molar refractivity (Wildman–Crippen MR) is 61.1 cm³/mol. The van der Waals surface area contributed by atoms with Gasteiger partial charge in [0.2, 0.25) is 0 Å². The topological polar surface area (TPSA) is 74.7 Å². The molecule has 1 N–H and O–H groups in total. The fraction of sp³-hybridized carbons (Fsp3) is 0.900. The van der Waals surface area contributed by atoms with Crippen LogP contribution in [0.2, 0.25) is 0 Å². The van der Waals surface area contributed by atoms with E-state index in [0.717, 1.165) is 6.42 Å². The second-order valence-electron chi connectivity index (χ2n) is 4.65. The molecule has 0 aromatic carbocycles. The van der Waals surface area contributed by atoms with Gasteiger partial charge in [0.05, 0.1) is 5.75 Å². The molecule has 0 bridgehead atoms. The second-order valence-corrected chi connectivity index (χ2v) is 6.91. The quantitative estimate of drug-likeness (QED) is 0.771. The lowest BCUT2D eigenvalue weighted by molar-refractivity contribution is -0.145. The van der Waals surface area contributed by atoms with Crippen molar-refractivity contribution in [1.29, 1.82) is 0 Å². The average Bonchev–Trinajstić information content (AvgIpc) is 2.14. The number of rotatable bonds is 4. The monoisotopic (exact) mass is 249 g/mol. The second kappa shape index (κ2) is 5.14. The Morgan fingerprint density at radius 3 is 2.62 bits per heavy atom. The van der Waals surface area contributed by atoms with Gasteiger partial charge in [-0.1, -0.05) is 6.92 Å². The van der Waals surface area contributed by atoms with Crippen LogP contribution >= 0.6 is 0 Å². The third-order valence-corrected chi connectivity index (χ3v) is 3.93. The molecule has 1 fully saturated rings. The van der Waals surface area contributed by atoms with Crippen LogP contribution in [-0.2, 0) is 14.6 Å². The van der Waals surface area contributed by atoms with Crippen molar-refractivity contribution in [3.63, 3.8) is 0 Å². The van der Waals surface area contributed by atoms with Crippen LogP contribution < -0.4 is 0 Å². The van der Waals surface area contributed by atoms with Gasteiger partial charge in [-0.2, -0.15) is 0 Å². The van der Waals surface area contributed by atoms with E-state index >= 15 is 0 Å². The van der Waals surface area contributed by atoms with Crippen LogP contribution in [0.15, 0.2) is 0 Å². The summed E-state index contributed by atoms with van der Waals surface area (Å²) in [6, 6.07) is -0.523. The van der Waals surface area contributed by atoms with Gasteiger partial charge in [0, 0.05) is 12.8 Å². The third kappa shape index (κ3) is 4.09. The molecule has 2 atom stereocenters. The summed E-state index contributed by atoms with van der Waals surface area (Å²) in [7, 11) is -3.02. The van der Waals surface area contributed by atoms with E-state index in [0.29, 0.717) is 25.4 Å². The summed E-state index contributed by atoms with van der Waals surface area (Å²) in [5, 5.41) is 9.06. The molecule has 6 heteroatoms. The fourth-order valence-corrected chi connectivity index (χ4v) is 2.56. The van der Waals surface area contributed by atoms with E-state index in [1.165, 1.54) is 6.26 Å². The number of hydrogen-bond acceptors (Lipinski definition) is 4. The van der Waals surface area contributed by atoms with Crippen LogP contribution in [0.5, 0.6) is 0 Å². The van der Waals surface area contributed by atoms with Crippen molar-refractivity contribution >= 4 is 15.8 Å². The number of piperidine rings is 1. The smallest absolute Gasteiger partial charge is 0.320 e. The Labute approximate surface area is 96.4 Å². The minimum Gasteiger partial charge on any atom is -0.480 e. The Balaban J connectivity index is 2.59. The Morgan fingerprint density at radius 1 is 1.50 bits per heavy atom. The lowest BCUT2D eigenvalue weighted by Gasteiger charge is -2.35. The molecule has 0 saturated carbocycles. The molecule has 0 radical (unpaired) electrons. The Kier molecular flexibility index (Phi) is 4.32. The van der Waals surface area contributed by atoms with Gasteiger partial charge < -0.3 is 5.11 Å². The number of hydrogen-bond donors (Lipinski definition) is 1. The molecule has 0 amide bonds. The zero-order valence-electron chi connectivity index (χ0n) is 9.72. The van der Waals surface area contributed by atoms with Gasteiger partial charge in [-0.15, -0.1) is 0 Å². The zero-order valence-corrected chi connectivity index (χ0v) is 10.5. The first-order valence-corrected chi connectivity index (χ1v) is 7.50. The first-order valence-electron chi connectivity index (χ1n) is 5.44. The van der Waals surface area contributed by atoms with Crippen LogP contribution in [0.3, 0.4) is 0 Å². The standard InChI is InChI=1S/C10H19NO4S/c1-8-3-4-11(5-6-16(2,14)15)9(7-8)10(12)13/h8-9H,3-7H2,1-2H3,(H,12,13). The van der Waals surface area contributed by atoms with E-state index in [9.17, 15) is 13.2 Å². The minimum absolute atomic E-state index is 0.0329. The minimum atomic E-state index is -3.02. The Bertz CT molecular complexity index is 352. The largest absolute Gasteiger partial charge is 0.480 e. The van der Waals surface area contributed by atoms with E-state index in [1.807, 2.05) is 6.92 Å². The maximum absolute atomic E-state index is 11.0. The normalized spacial score (nSPS) is 27.9. The van der Waals surface area contributed by atoms with E-state index in [1.54, 1.807) is 4.90 Å². The van der Waals surface area contributed by atoms with Gasteiger partial charge in [-0.3, -0.25) is 9.69 Å². The third-order valence-electron chi connectivity index (χ3n) is 3.01. The SMILES string of the molecule is CC1CCN(CCS(C)(=O)=O)C(C(=O)O)C1. The highest BCUT2D eigenvalue weighted by atomic mass is 32.2. The number of sulfone groups is 1. The number of carboxylic acids is 1. The van der Waals surface area contributed by atoms with E-state index in [4.69, 9.17) is 5.11 Å². The predicted octanol–water partition coefficient (Wildman–Crippen LogP) is 0.216. The van der Waals surface area contributed by atoms with Crippen molar-refractivity contribution in [3.05, 3.63) is 0 Å². The van der Waals surface area contributed by atoms with E-state index in [2.05, 4.69) is 0 Å². The van der Waals surface area contributed by atoms with Gasteiger partial charge in [0.15, 0.2) is 0 Å². The molecule has 1 saturated heterocycles. The summed E-state index contributed by atoms with van der Waals surface area (Å²) in [6.45, 7) is 3.03. The van der Waals surface area contributed by atoms with Crippen LogP contribution in [-0.4, -0.2) is 55.5 Å². The number of carbonyl (C=O) groups is 1. The van der Waals surface area contributed by atoms with Crippen LogP contribution in [0.4, 0.5) is 0 Å². The Morgan fingerprint density at radius 2 is 2.12 bits per heavy atom. The first-order chi connectivity index (χ1) is 7.29. The fourth-order valence-electron chi connectivity index (χ4n) is 2.00. The van der Waals surface area contributed by atoms with Crippen molar-refractivity contribution in [2.24, 2.45) is 5.92 Å². The molecule has 0 aromatic rings. The van der Waals surface area contributed by atoms with Crippen molar-refractivity contribution in [2.45, 2.75) is 25.8 Å². The maximum Gasteiger partial charge on any atom is 0.320 e. The zero-order chi connectivity index (χ0) is 12.3. The van der Waals surface area contributed by atoms with Gasteiger partial charge in [0.25, 0.3) is 0 Å². The molecule has 16 heavy (non-hydrogen) atoms. The summed E-state index contributed by atoms with van der Waals surface area (Å²) >= 11 is 0. The molecule has 0 spiro atoms. The van der Waals surface area contributed by atoms with Crippen molar-refractivity contribution in [1.82, 2.24) is 4.90 Å². The first kappa shape index (κ1) is 13.4. The Hall–Kier alpha value is -0.620. The van der Waals surface area contributed by atoms with Gasteiger partial charge in [-0.25, -0.2) is 8.42 Å². The van der Waals surface area contributed by atoms with Gasteiger partial charge >= 0.3 is 5.97 Å². The number of aliphatic carboxylic acids is 1. The number of nitrogens with zero attached hydrogens (tertiary/aromatic N) is 1. The number of likely N-dealkylation sites (tertiary alicyclic amines) is 1. The lowest BCUT2D eigenvalue weighted by Crippen LogP contribution is -2.48. The van der Waals surface area contributed by atoms with Gasteiger partial charge in [0.1, 0.15) is 15.9 Å². The average molecular weight is 249 g/mol. The summed E-state index contributed by atoms with van der Waals surface area (Å²) in [5.74, 6) is -0.416.